The summed E-state index contributed by atoms with van der Waals surface area (Å²) in [4.78, 5) is 0. The number of ether oxygens (including phenoxy) is 1. The molecule has 0 bridgehead atoms. The van der Waals surface area contributed by atoms with Crippen LogP contribution in [0.25, 0.3) is 0 Å². The van der Waals surface area contributed by atoms with Gasteiger partial charge in [-0.3, -0.25) is 0 Å². The van der Waals surface area contributed by atoms with E-state index in [4.69, 9.17) is 39.5 Å². The maximum absolute atomic E-state index is 6.01. The molecule has 2 nitrogen and oxygen atoms in total. The van der Waals surface area contributed by atoms with Gasteiger partial charge in [0.05, 0.1) is 12.1 Å². The predicted molar refractivity (Wildman–Crippen MR) is 60.7 cm³/mol. The highest BCUT2D eigenvalue weighted by Gasteiger charge is 2.15. The lowest BCUT2D eigenvalue weighted by molar-refractivity contribution is 0.415. The Kier molecular flexibility index (Phi) is 4.32. The molecule has 14 heavy (non-hydrogen) atoms. The molecule has 78 valence electrons. The minimum Gasteiger partial charge on any atom is -0.495 e. The number of methoxy groups -OCH3 is 1. The van der Waals surface area contributed by atoms with Gasteiger partial charge in [0.25, 0.3) is 0 Å². The molecule has 0 aliphatic rings. The molecule has 0 saturated heterocycles. The summed E-state index contributed by atoms with van der Waals surface area (Å²) in [6.07, 6.45) is 0. The summed E-state index contributed by atoms with van der Waals surface area (Å²) in [5.74, 6) is 0.542. The molecule has 1 aromatic rings. The number of hydrogen-bond donors (Lipinski definition) is 1. The number of alkyl halides is 1. The van der Waals surface area contributed by atoms with Gasteiger partial charge in [-0.25, -0.2) is 0 Å². The molecule has 0 saturated carbocycles. The highest BCUT2D eigenvalue weighted by molar-refractivity contribution is 6.43. The first-order valence-corrected chi connectivity index (χ1v) is 5.14. The summed E-state index contributed by atoms with van der Waals surface area (Å²) in [5.41, 5.74) is 0.382. The van der Waals surface area contributed by atoms with E-state index in [2.05, 4.69) is 5.32 Å². The maximum Gasteiger partial charge on any atom is 0.139 e. The van der Waals surface area contributed by atoms with E-state index in [1.54, 1.807) is 19.2 Å². The van der Waals surface area contributed by atoms with Gasteiger partial charge in [-0.15, -0.1) is 11.6 Å². The Bertz CT molecular complexity index is 330. The van der Waals surface area contributed by atoms with Crippen LogP contribution >= 0.6 is 34.8 Å². The molecule has 0 radical (unpaired) electrons. The highest BCUT2D eigenvalue weighted by atomic mass is 35.5. The number of rotatable bonds is 3. The van der Waals surface area contributed by atoms with E-state index in [1.165, 1.54) is 7.11 Å². The predicted octanol–water partition coefficient (Wildman–Crippen LogP) is 3.46. The third-order valence-corrected chi connectivity index (χ3v) is 3.16. The minimum atomic E-state index is -0.356. The maximum atomic E-state index is 6.01. The van der Waals surface area contributed by atoms with Crippen LogP contribution < -0.4 is 10.1 Å². The fraction of sp³-hybridized carbons (Fsp3) is 0.333. The first-order valence-electron chi connectivity index (χ1n) is 3.95. The van der Waals surface area contributed by atoms with Gasteiger partial charge >= 0.3 is 0 Å². The third-order valence-electron chi connectivity index (χ3n) is 1.82. The van der Waals surface area contributed by atoms with E-state index < -0.39 is 0 Å². The van der Waals surface area contributed by atoms with Crippen LogP contribution in [0.15, 0.2) is 12.1 Å². The average Bonchev–Trinajstić information content (AvgIpc) is 2.21. The molecule has 0 heterocycles. The third kappa shape index (κ3) is 2.26. The topological polar surface area (TPSA) is 21.3 Å². The van der Waals surface area contributed by atoms with E-state index in [-0.39, 0.29) is 5.50 Å². The summed E-state index contributed by atoms with van der Waals surface area (Å²) in [7, 11) is 3.28. The molecule has 0 amide bonds. The van der Waals surface area contributed by atoms with Gasteiger partial charge in [0.2, 0.25) is 0 Å². The Morgan fingerprint density at radius 2 is 1.93 bits per heavy atom. The Morgan fingerprint density at radius 3 is 2.43 bits per heavy atom. The smallest absolute Gasteiger partial charge is 0.139 e. The van der Waals surface area contributed by atoms with Gasteiger partial charge in [-0.1, -0.05) is 29.3 Å². The second-order valence-corrected chi connectivity index (χ2v) is 3.83. The second-order valence-electron chi connectivity index (χ2n) is 2.64. The lowest BCUT2D eigenvalue weighted by Crippen LogP contribution is -2.10. The molecule has 0 fully saturated rings. The van der Waals surface area contributed by atoms with Crippen molar-refractivity contribution in [3.63, 3.8) is 0 Å². The van der Waals surface area contributed by atoms with Crippen molar-refractivity contribution < 1.29 is 4.74 Å². The van der Waals surface area contributed by atoms with Gasteiger partial charge in [0.15, 0.2) is 0 Å². The zero-order valence-corrected chi connectivity index (χ0v) is 10.0. The van der Waals surface area contributed by atoms with E-state index in [0.717, 1.165) is 5.56 Å². The quantitative estimate of drug-likeness (QED) is 0.659. The van der Waals surface area contributed by atoms with Crippen molar-refractivity contribution in [1.29, 1.82) is 0 Å². The van der Waals surface area contributed by atoms with Crippen LogP contribution in [0.3, 0.4) is 0 Å². The molecule has 1 aromatic carbocycles. The SMILES string of the molecule is CNC(Cl)c1ccc(OC)c(Cl)c1Cl. The molecule has 1 rings (SSSR count). The summed E-state index contributed by atoms with van der Waals surface area (Å²) in [5, 5.41) is 3.67. The van der Waals surface area contributed by atoms with Crippen molar-refractivity contribution in [2.75, 3.05) is 14.2 Å². The zero-order chi connectivity index (χ0) is 10.7. The van der Waals surface area contributed by atoms with Gasteiger partial charge in [-0.05, 0) is 13.1 Å². The molecule has 1 atom stereocenters. The van der Waals surface area contributed by atoms with Crippen LogP contribution in [0.1, 0.15) is 11.1 Å². The van der Waals surface area contributed by atoms with Crippen molar-refractivity contribution in [2.24, 2.45) is 0 Å². The molecule has 0 aliphatic heterocycles. The van der Waals surface area contributed by atoms with E-state index >= 15 is 0 Å². The van der Waals surface area contributed by atoms with Gasteiger partial charge < -0.3 is 10.1 Å². The van der Waals surface area contributed by atoms with Gasteiger partial charge in [0, 0.05) is 5.56 Å². The number of halogens is 3. The Balaban J connectivity index is 3.17. The fourth-order valence-electron chi connectivity index (χ4n) is 1.06. The van der Waals surface area contributed by atoms with Crippen molar-refractivity contribution in [3.8, 4) is 5.75 Å². The normalized spacial score (nSPS) is 12.6. The largest absolute Gasteiger partial charge is 0.495 e. The zero-order valence-electron chi connectivity index (χ0n) is 7.77. The lowest BCUT2D eigenvalue weighted by atomic mass is 10.2. The summed E-state index contributed by atoms with van der Waals surface area (Å²) in [6.45, 7) is 0. The Hall–Kier alpha value is -0.150. The monoisotopic (exact) mass is 253 g/mol. The number of benzene rings is 1. The van der Waals surface area contributed by atoms with Crippen LogP contribution in [0.5, 0.6) is 5.75 Å². The number of nitrogens with one attached hydrogen (secondary N) is 1. The summed E-state index contributed by atoms with van der Waals surface area (Å²) in [6, 6.07) is 3.51. The van der Waals surface area contributed by atoms with Crippen molar-refractivity contribution in [1.82, 2.24) is 5.32 Å². The first kappa shape index (κ1) is 11.9. The van der Waals surface area contributed by atoms with Crippen LogP contribution in [-0.4, -0.2) is 14.2 Å². The molecule has 0 aliphatic carbocycles. The van der Waals surface area contributed by atoms with Crippen LogP contribution in [-0.2, 0) is 0 Å². The standard InChI is InChI=1S/C9H10Cl3NO/c1-13-9(12)5-3-4-6(14-2)8(11)7(5)10/h3-4,9,13H,1-2H3. The minimum absolute atomic E-state index is 0.356. The molecular formula is C9H10Cl3NO. The fourth-order valence-corrected chi connectivity index (χ4v) is 1.81. The molecule has 5 heteroatoms. The molecule has 1 unspecified atom stereocenters. The lowest BCUT2D eigenvalue weighted by Gasteiger charge is -2.13. The van der Waals surface area contributed by atoms with Crippen LogP contribution in [0.4, 0.5) is 0 Å². The molecular weight excluding hydrogens is 244 g/mol. The van der Waals surface area contributed by atoms with Crippen LogP contribution in [0.2, 0.25) is 10.0 Å². The molecule has 0 spiro atoms. The van der Waals surface area contributed by atoms with Crippen LogP contribution in [0, 0.1) is 0 Å². The van der Waals surface area contributed by atoms with Gasteiger partial charge in [-0.2, -0.15) is 0 Å². The van der Waals surface area contributed by atoms with Crippen molar-refractivity contribution >= 4 is 34.8 Å². The average molecular weight is 255 g/mol. The van der Waals surface area contributed by atoms with Crippen molar-refractivity contribution in [2.45, 2.75) is 5.50 Å². The number of hydrogen-bond acceptors (Lipinski definition) is 2. The highest BCUT2D eigenvalue weighted by Crippen LogP contribution is 2.37. The summed E-state index contributed by atoms with van der Waals surface area (Å²) < 4.78 is 5.01. The van der Waals surface area contributed by atoms with E-state index in [9.17, 15) is 0 Å². The molecule has 1 N–H and O–H groups in total. The van der Waals surface area contributed by atoms with E-state index in [1.807, 2.05) is 0 Å². The van der Waals surface area contributed by atoms with E-state index in [0.29, 0.717) is 15.8 Å². The second kappa shape index (κ2) is 5.08. The Morgan fingerprint density at radius 1 is 1.29 bits per heavy atom. The van der Waals surface area contributed by atoms with Crippen molar-refractivity contribution in [3.05, 3.63) is 27.7 Å². The molecule has 0 aromatic heterocycles. The summed E-state index contributed by atoms with van der Waals surface area (Å²) >= 11 is 17.9. The Labute approximate surface area is 98.1 Å². The first-order chi connectivity index (χ1) is 6.61. The van der Waals surface area contributed by atoms with Gasteiger partial charge in [0.1, 0.15) is 16.3 Å².